The van der Waals surface area contributed by atoms with E-state index in [0.717, 1.165) is 39.8 Å². The number of aromatic nitrogens is 4. The van der Waals surface area contributed by atoms with Crippen LogP contribution in [0, 0.1) is 12.8 Å². The average Bonchev–Trinajstić information content (AvgIpc) is 3.12. The summed E-state index contributed by atoms with van der Waals surface area (Å²) in [7, 11) is -3.25. The molecule has 3 heterocycles. The molecule has 34 heavy (non-hydrogen) atoms. The molecule has 0 radical (unpaired) electrons. The Morgan fingerprint density at radius 3 is 2.44 bits per heavy atom. The standard InChI is InChI=1S/C25H27N5O3S/c1-15-11-20(7-9-23(15)34(4,32)33)29-14-16(2)25-28-27-17(3)30(25)21-8-5-18(12-22(21)29)19-6-10-24(31)26-13-19/h5-10,12-13,15-16H,11,14H2,1-4H3,(H,26,31)/t15?,16-/m1/s1. The highest BCUT2D eigenvalue weighted by molar-refractivity contribution is 7.94. The van der Waals surface area contributed by atoms with E-state index in [0.29, 0.717) is 17.9 Å². The third-order valence-corrected chi connectivity index (χ3v) is 7.98. The summed E-state index contributed by atoms with van der Waals surface area (Å²) in [5.41, 5.74) is 4.76. The summed E-state index contributed by atoms with van der Waals surface area (Å²) < 4.78 is 26.5. The van der Waals surface area contributed by atoms with Crippen LogP contribution in [0.1, 0.15) is 37.8 Å². The number of H-pyrrole nitrogens is 1. The van der Waals surface area contributed by atoms with Gasteiger partial charge in [0.05, 0.1) is 11.4 Å². The lowest BCUT2D eigenvalue weighted by Crippen LogP contribution is -2.29. The SMILES string of the molecule is Cc1nnc2n1-c1ccc(-c3ccc(=O)[nH]c3)cc1N(C1=CC=C(S(C)(=O)=O)C(C)C1)C[C@H]2C. The number of hydrogen-bond donors (Lipinski definition) is 1. The van der Waals surface area contributed by atoms with Gasteiger partial charge in [0, 0.05) is 41.6 Å². The van der Waals surface area contributed by atoms with Crippen LogP contribution in [0.25, 0.3) is 16.8 Å². The minimum atomic E-state index is -3.25. The molecule has 1 unspecified atom stereocenters. The van der Waals surface area contributed by atoms with Crippen LogP contribution in [0.4, 0.5) is 5.69 Å². The van der Waals surface area contributed by atoms with Crippen LogP contribution in [-0.4, -0.2) is 41.0 Å². The van der Waals surface area contributed by atoms with Crippen LogP contribution in [0.15, 0.2) is 64.1 Å². The van der Waals surface area contributed by atoms with Crippen molar-refractivity contribution in [2.45, 2.75) is 33.1 Å². The van der Waals surface area contributed by atoms with Gasteiger partial charge in [0.25, 0.3) is 0 Å². The average molecular weight is 478 g/mol. The van der Waals surface area contributed by atoms with Crippen molar-refractivity contribution in [3.8, 4) is 16.8 Å². The Labute approximate surface area is 198 Å². The van der Waals surface area contributed by atoms with Gasteiger partial charge in [0.2, 0.25) is 5.56 Å². The van der Waals surface area contributed by atoms with Crippen molar-refractivity contribution >= 4 is 15.5 Å². The largest absolute Gasteiger partial charge is 0.343 e. The first kappa shape index (κ1) is 22.3. The van der Waals surface area contributed by atoms with Crippen LogP contribution >= 0.6 is 0 Å². The molecule has 5 rings (SSSR count). The number of aryl methyl sites for hydroxylation is 1. The molecule has 1 aromatic carbocycles. The topological polar surface area (TPSA) is 101 Å². The fourth-order valence-corrected chi connectivity index (χ4v) is 6.06. The first-order valence-corrected chi connectivity index (χ1v) is 13.2. The van der Waals surface area contributed by atoms with Crippen molar-refractivity contribution in [1.29, 1.82) is 0 Å². The smallest absolute Gasteiger partial charge is 0.247 e. The highest BCUT2D eigenvalue weighted by Gasteiger charge is 2.32. The summed E-state index contributed by atoms with van der Waals surface area (Å²) in [6.45, 7) is 6.71. The summed E-state index contributed by atoms with van der Waals surface area (Å²) in [6, 6.07) is 9.54. The number of aromatic amines is 1. The van der Waals surface area contributed by atoms with Crippen molar-refractivity contribution in [3.05, 3.63) is 81.3 Å². The molecule has 0 amide bonds. The molecule has 9 heteroatoms. The maximum Gasteiger partial charge on any atom is 0.247 e. The second-order valence-electron chi connectivity index (χ2n) is 9.20. The Kier molecular flexibility index (Phi) is 5.31. The van der Waals surface area contributed by atoms with E-state index in [1.54, 1.807) is 12.3 Å². The minimum Gasteiger partial charge on any atom is -0.343 e. The fraction of sp³-hybridized carbons (Fsp3) is 0.320. The normalized spacial score (nSPS) is 20.2. The molecule has 2 aromatic heterocycles. The number of rotatable bonds is 3. The fourth-order valence-electron chi connectivity index (χ4n) is 4.93. The van der Waals surface area contributed by atoms with Crippen LogP contribution in [0.5, 0.6) is 0 Å². The predicted octanol–water partition coefficient (Wildman–Crippen LogP) is 3.71. The van der Waals surface area contributed by atoms with E-state index in [4.69, 9.17) is 0 Å². The number of hydrogen-bond acceptors (Lipinski definition) is 6. The third-order valence-electron chi connectivity index (χ3n) is 6.59. The second kappa shape index (κ2) is 8.09. The zero-order chi connectivity index (χ0) is 24.2. The van der Waals surface area contributed by atoms with E-state index >= 15 is 0 Å². The monoisotopic (exact) mass is 477 g/mol. The summed E-state index contributed by atoms with van der Waals surface area (Å²) in [5, 5.41) is 8.79. The first-order chi connectivity index (χ1) is 16.1. The van der Waals surface area contributed by atoms with Gasteiger partial charge >= 0.3 is 0 Å². The number of anilines is 1. The van der Waals surface area contributed by atoms with Crippen molar-refractivity contribution in [2.24, 2.45) is 5.92 Å². The maximum atomic E-state index is 12.2. The Morgan fingerprint density at radius 2 is 1.76 bits per heavy atom. The number of allylic oxidation sites excluding steroid dienone is 4. The molecule has 0 saturated carbocycles. The van der Waals surface area contributed by atoms with Crippen molar-refractivity contribution in [1.82, 2.24) is 19.7 Å². The molecule has 3 aromatic rings. The van der Waals surface area contributed by atoms with E-state index in [2.05, 4.69) is 43.7 Å². The van der Waals surface area contributed by atoms with Gasteiger partial charge in [-0.15, -0.1) is 10.2 Å². The van der Waals surface area contributed by atoms with E-state index in [9.17, 15) is 13.2 Å². The molecule has 0 bridgehead atoms. The number of nitrogens with zero attached hydrogens (tertiary/aromatic N) is 4. The van der Waals surface area contributed by atoms with Gasteiger partial charge in [-0.2, -0.15) is 0 Å². The maximum absolute atomic E-state index is 12.2. The number of sulfone groups is 1. The molecule has 176 valence electrons. The molecule has 0 fully saturated rings. The van der Waals surface area contributed by atoms with E-state index in [1.165, 1.54) is 12.3 Å². The molecule has 0 saturated heterocycles. The highest BCUT2D eigenvalue weighted by Crippen LogP contribution is 2.41. The molecular weight excluding hydrogens is 450 g/mol. The number of nitrogens with one attached hydrogen (secondary N) is 1. The summed E-state index contributed by atoms with van der Waals surface area (Å²) in [5.74, 6) is 1.70. The number of pyridine rings is 1. The van der Waals surface area contributed by atoms with Crippen LogP contribution in [-0.2, 0) is 9.84 Å². The Bertz CT molecular complexity index is 1490. The molecule has 2 aliphatic rings. The molecule has 0 spiro atoms. The van der Waals surface area contributed by atoms with Crippen molar-refractivity contribution in [2.75, 3.05) is 17.7 Å². The quantitative estimate of drug-likeness (QED) is 0.617. The van der Waals surface area contributed by atoms with Crippen molar-refractivity contribution in [3.63, 3.8) is 0 Å². The summed E-state index contributed by atoms with van der Waals surface area (Å²) in [4.78, 5) is 17.0. The van der Waals surface area contributed by atoms with Gasteiger partial charge < -0.3 is 9.88 Å². The lowest BCUT2D eigenvalue weighted by atomic mass is 9.97. The zero-order valence-electron chi connectivity index (χ0n) is 19.6. The van der Waals surface area contributed by atoms with Gasteiger partial charge in [-0.05, 0) is 60.7 Å². The summed E-state index contributed by atoms with van der Waals surface area (Å²) in [6.07, 6.45) is 7.27. The lowest BCUT2D eigenvalue weighted by Gasteiger charge is -2.32. The van der Waals surface area contributed by atoms with Gasteiger partial charge in [-0.1, -0.05) is 19.9 Å². The van der Waals surface area contributed by atoms with Crippen molar-refractivity contribution < 1.29 is 8.42 Å². The molecule has 1 N–H and O–H groups in total. The van der Waals surface area contributed by atoms with Gasteiger partial charge in [0.15, 0.2) is 9.84 Å². The molecule has 8 nitrogen and oxygen atoms in total. The third kappa shape index (κ3) is 3.79. The summed E-state index contributed by atoms with van der Waals surface area (Å²) >= 11 is 0. The van der Waals surface area contributed by atoms with E-state index in [1.807, 2.05) is 32.1 Å². The van der Waals surface area contributed by atoms with E-state index < -0.39 is 9.84 Å². The van der Waals surface area contributed by atoms with Gasteiger partial charge in [0.1, 0.15) is 11.6 Å². The highest BCUT2D eigenvalue weighted by atomic mass is 32.2. The number of fused-ring (bicyclic) bond motifs is 3. The molecule has 1 aliphatic heterocycles. The van der Waals surface area contributed by atoms with Crippen LogP contribution in [0.2, 0.25) is 0 Å². The van der Waals surface area contributed by atoms with Gasteiger partial charge in [-0.25, -0.2) is 8.42 Å². The second-order valence-corrected chi connectivity index (χ2v) is 11.2. The Hall–Kier alpha value is -3.46. The van der Waals surface area contributed by atoms with E-state index in [-0.39, 0.29) is 17.4 Å². The first-order valence-electron chi connectivity index (χ1n) is 11.3. The van der Waals surface area contributed by atoms with Gasteiger partial charge in [-0.3, -0.25) is 9.36 Å². The van der Waals surface area contributed by atoms with Crippen LogP contribution < -0.4 is 10.5 Å². The number of benzene rings is 1. The molecule has 2 atom stereocenters. The zero-order valence-corrected chi connectivity index (χ0v) is 20.4. The minimum absolute atomic E-state index is 0.0987. The Morgan fingerprint density at radius 1 is 1.00 bits per heavy atom. The molecule has 1 aliphatic carbocycles. The Balaban J connectivity index is 1.70. The molecular formula is C25H27N5O3S. The predicted molar refractivity (Wildman–Crippen MR) is 133 cm³/mol. The lowest BCUT2D eigenvalue weighted by molar-refractivity contribution is 0.588. The van der Waals surface area contributed by atoms with Crippen LogP contribution in [0.3, 0.4) is 0 Å².